The minimum atomic E-state index is -0.313. The summed E-state index contributed by atoms with van der Waals surface area (Å²) in [5, 5.41) is 28.6. The monoisotopic (exact) mass is 497 g/mol. The number of para-hydroxylation sites is 1. The Morgan fingerprint density at radius 3 is 2.72 bits per heavy atom. The van der Waals surface area contributed by atoms with Crippen LogP contribution in [-0.2, 0) is 0 Å². The first-order chi connectivity index (χ1) is 17.5. The van der Waals surface area contributed by atoms with E-state index in [2.05, 4.69) is 38.6 Å². The summed E-state index contributed by atoms with van der Waals surface area (Å²) >= 11 is 1.48. The second-order valence-electron chi connectivity index (χ2n) is 9.21. The molecule has 3 aromatic heterocycles. The van der Waals surface area contributed by atoms with Crippen LogP contribution >= 0.6 is 11.8 Å². The maximum Gasteiger partial charge on any atom is 0.200 e. The van der Waals surface area contributed by atoms with E-state index in [0.29, 0.717) is 23.8 Å². The molecule has 0 bridgehead atoms. The van der Waals surface area contributed by atoms with Gasteiger partial charge in [-0.3, -0.25) is 4.68 Å². The van der Waals surface area contributed by atoms with Crippen LogP contribution in [0.5, 0.6) is 0 Å². The van der Waals surface area contributed by atoms with Crippen molar-refractivity contribution in [3.05, 3.63) is 71.6 Å². The molecule has 5 rings (SSSR count). The number of piperidine rings is 1. The van der Waals surface area contributed by atoms with Gasteiger partial charge >= 0.3 is 0 Å². The SMILES string of the molecule is [C-]#[N+]c1ccccc1Sc1cc(-c2cnn(C3CCN(C[C@@H](C)O)CC3)c2C)cn2ncc(C#N)c12. The highest BCUT2D eigenvalue weighted by Crippen LogP contribution is 2.40. The molecule has 1 N–H and O–H groups in total. The van der Waals surface area contributed by atoms with Crippen molar-refractivity contribution in [1.82, 2.24) is 24.3 Å². The quantitative estimate of drug-likeness (QED) is 0.373. The summed E-state index contributed by atoms with van der Waals surface area (Å²) in [6.45, 7) is 14.1. The molecular weight excluding hydrogens is 470 g/mol. The molecule has 0 aliphatic carbocycles. The number of nitriles is 1. The van der Waals surface area contributed by atoms with Crippen molar-refractivity contribution in [2.75, 3.05) is 19.6 Å². The Kier molecular flexibility index (Phi) is 6.80. The molecule has 0 spiro atoms. The topological polar surface area (TPSA) is 86.7 Å². The molecule has 0 amide bonds. The van der Waals surface area contributed by atoms with Crippen LogP contribution in [-0.4, -0.2) is 55.1 Å². The zero-order valence-electron chi connectivity index (χ0n) is 20.3. The van der Waals surface area contributed by atoms with Gasteiger partial charge in [-0.2, -0.15) is 15.5 Å². The second-order valence-corrected chi connectivity index (χ2v) is 10.3. The van der Waals surface area contributed by atoms with Crippen LogP contribution in [0.25, 0.3) is 21.5 Å². The molecule has 182 valence electrons. The number of nitrogens with zero attached hydrogens (tertiary/aromatic N) is 7. The molecule has 1 saturated heterocycles. The summed E-state index contributed by atoms with van der Waals surface area (Å²) in [6, 6.07) is 12.1. The first-order valence-electron chi connectivity index (χ1n) is 12.0. The molecule has 1 atom stereocenters. The van der Waals surface area contributed by atoms with Gasteiger partial charge in [-0.25, -0.2) is 9.36 Å². The van der Waals surface area contributed by atoms with Gasteiger partial charge in [0.05, 0.1) is 42.2 Å². The van der Waals surface area contributed by atoms with E-state index in [1.165, 1.54) is 11.8 Å². The molecule has 0 radical (unpaired) electrons. The third-order valence-corrected chi connectivity index (χ3v) is 7.78. The average molecular weight is 498 g/mol. The predicted octanol–water partition coefficient (Wildman–Crippen LogP) is 5.10. The van der Waals surface area contributed by atoms with E-state index in [4.69, 9.17) is 11.7 Å². The highest BCUT2D eigenvalue weighted by molar-refractivity contribution is 7.99. The number of fused-ring (bicyclic) bond motifs is 1. The van der Waals surface area contributed by atoms with Crippen LogP contribution in [0.15, 0.2) is 58.7 Å². The molecule has 1 aromatic carbocycles. The fraction of sp³-hybridized carbons (Fsp3) is 0.333. The van der Waals surface area contributed by atoms with Gasteiger partial charge < -0.3 is 10.0 Å². The number of hydrogen-bond acceptors (Lipinski definition) is 6. The fourth-order valence-corrected chi connectivity index (χ4v) is 6.03. The van der Waals surface area contributed by atoms with E-state index in [9.17, 15) is 10.4 Å². The number of rotatable bonds is 6. The van der Waals surface area contributed by atoms with Gasteiger partial charge in [-0.15, -0.1) is 0 Å². The molecule has 36 heavy (non-hydrogen) atoms. The van der Waals surface area contributed by atoms with Gasteiger partial charge in [-0.05, 0) is 32.8 Å². The molecule has 1 fully saturated rings. The number of aliphatic hydroxyl groups excluding tert-OH is 1. The van der Waals surface area contributed by atoms with Crippen molar-refractivity contribution < 1.29 is 5.11 Å². The molecular formula is C27H27N7OS. The smallest absolute Gasteiger partial charge is 0.200 e. The van der Waals surface area contributed by atoms with Gasteiger partial charge in [0, 0.05) is 52.4 Å². The molecule has 4 heterocycles. The average Bonchev–Trinajstić information content (AvgIpc) is 3.48. The van der Waals surface area contributed by atoms with Crippen molar-refractivity contribution >= 4 is 23.0 Å². The Morgan fingerprint density at radius 1 is 1.22 bits per heavy atom. The Bertz CT molecular complexity index is 1480. The van der Waals surface area contributed by atoms with Crippen molar-refractivity contribution in [1.29, 1.82) is 5.26 Å². The van der Waals surface area contributed by atoms with Crippen molar-refractivity contribution in [3.8, 4) is 17.2 Å². The summed E-state index contributed by atoms with van der Waals surface area (Å²) < 4.78 is 3.88. The lowest BCUT2D eigenvalue weighted by Crippen LogP contribution is -2.39. The number of benzene rings is 1. The molecule has 1 aliphatic heterocycles. The molecule has 8 nitrogen and oxygen atoms in total. The Hall–Kier alpha value is -3.63. The minimum Gasteiger partial charge on any atom is -0.392 e. The zero-order valence-corrected chi connectivity index (χ0v) is 21.1. The summed E-state index contributed by atoms with van der Waals surface area (Å²) in [5.74, 6) is 0. The Labute approximate surface area is 214 Å². The lowest BCUT2D eigenvalue weighted by Gasteiger charge is -2.33. The van der Waals surface area contributed by atoms with E-state index >= 15 is 0 Å². The van der Waals surface area contributed by atoms with E-state index in [0.717, 1.165) is 58.1 Å². The lowest BCUT2D eigenvalue weighted by molar-refractivity contribution is 0.0992. The third-order valence-electron chi connectivity index (χ3n) is 6.68. The van der Waals surface area contributed by atoms with Gasteiger partial charge in [0.25, 0.3) is 0 Å². The zero-order chi connectivity index (χ0) is 25.2. The van der Waals surface area contributed by atoms with Gasteiger partial charge in [0.2, 0.25) is 5.69 Å². The number of β-amino-alcohol motifs (C(OH)–C–C–N with tert-alkyl or cyclic N) is 1. The molecule has 4 aromatic rings. The van der Waals surface area contributed by atoms with E-state index in [-0.39, 0.29) is 6.10 Å². The molecule has 1 aliphatic rings. The molecule has 9 heteroatoms. The van der Waals surface area contributed by atoms with Crippen molar-refractivity contribution in [3.63, 3.8) is 0 Å². The fourth-order valence-electron chi connectivity index (χ4n) is 4.94. The van der Waals surface area contributed by atoms with E-state index < -0.39 is 0 Å². The minimum absolute atomic E-state index is 0.313. The second kappa shape index (κ2) is 10.2. The van der Waals surface area contributed by atoms with Crippen LogP contribution in [0, 0.1) is 24.8 Å². The first-order valence-corrected chi connectivity index (χ1v) is 12.8. The molecule has 0 saturated carbocycles. The van der Waals surface area contributed by atoms with Gasteiger partial charge in [0.1, 0.15) is 6.07 Å². The lowest BCUT2D eigenvalue weighted by atomic mass is 10.0. The first kappa shape index (κ1) is 24.1. The number of hydrogen-bond donors (Lipinski definition) is 1. The van der Waals surface area contributed by atoms with Crippen LogP contribution in [0.1, 0.15) is 37.1 Å². The Balaban J connectivity index is 1.50. The predicted molar refractivity (Wildman–Crippen MR) is 139 cm³/mol. The van der Waals surface area contributed by atoms with Crippen molar-refractivity contribution in [2.24, 2.45) is 0 Å². The number of likely N-dealkylation sites (tertiary alicyclic amines) is 1. The number of aliphatic hydroxyl groups is 1. The summed E-state index contributed by atoms with van der Waals surface area (Å²) in [4.78, 5) is 7.68. The Morgan fingerprint density at radius 2 is 2.00 bits per heavy atom. The van der Waals surface area contributed by atoms with Crippen LogP contribution in [0.2, 0.25) is 0 Å². The number of aromatic nitrogens is 4. The largest absolute Gasteiger partial charge is 0.392 e. The highest BCUT2D eigenvalue weighted by Gasteiger charge is 2.24. The highest BCUT2D eigenvalue weighted by atomic mass is 32.2. The summed E-state index contributed by atoms with van der Waals surface area (Å²) in [5.41, 5.74) is 4.90. The maximum absolute atomic E-state index is 9.70. The van der Waals surface area contributed by atoms with Crippen molar-refractivity contribution in [2.45, 2.75) is 48.6 Å². The van der Waals surface area contributed by atoms with Gasteiger partial charge in [-0.1, -0.05) is 36.0 Å². The normalized spacial score (nSPS) is 15.6. The van der Waals surface area contributed by atoms with Crippen LogP contribution < -0.4 is 0 Å². The third kappa shape index (κ3) is 4.61. The molecule has 0 unspecified atom stereocenters. The summed E-state index contributed by atoms with van der Waals surface area (Å²) in [6.07, 6.45) is 7.11. The van der Waals surface area contributed by atoms with E-state index in [1.54, 1.807) is 16.8 Å². The van der Waals surface area contributed by atoms with Crippen LogP contribution in [0.4, 0.5) is 5.69 Å². The van der Waals surface area contributed by atoms with Gasteiger partial charge in [0.15, 0.2) is 0 Å². The summed E-state index contributed by atoms with van der Waals surface area (Å²) in [7, 11) is 0. The van der Waals surface area contributed by atoms with E-state index in [1.807, 2.05) is 37.5 Å². The standard InChI is InChI=1S/C27H27N7OS/c1-18(35)16-32-10-8-22(9-11-32)34-19(2)23(15-31-34)20-12-26(27-21(13-28)14-30-33(27)17-20)36-25-7-5-4-6-24(25)29-3/h4-7,12,14-15,17-18,22,35H,8-11,16H2,1-2H3/t18-/m1/s1. The van der Waals surface area contributed by atoms with Crippen LogP contribution in [0.3, 0.4) is 0 Å². The number of pyridine rings is 1. The maximum atomic E-state index is 9.70.